The van der Waals surface area contributed by atoms with E-state index in [0.29, 0.717) is 19.6 Å². The number of nitrogens with two attached hydrogens (primary N) is 1. The van der Waals surface area contributed by atoms with Crippen LogP contribution in [-0.4, -0.2) is 78.4 Å². The third kappa shape index (κ3) is 4.47. The molecular weight excluding hydrogens is 244 g/mol. The first kappa shape index (κ1) is 15.9. The van der Waals surface area contributed by atoms with E-state index in [4.69, 9.17) is 5.73 Å². The Morgan fingerprint density at radius 2 is 1.68 bits per heavy atom. The molecule has 110 valence electrons. The zero-order valence-corrected chi connectivity index (χ0v) is 12.3. The molecule has 0 aliphatic carbocycles. The van der Waals surface area contributed by atoms with E-state index in [-0.39, 0.29) is 11.8 Å². The summed E-state index contributed by atoms with van der Waals surface area (Å²) in [4.78, 5) is 29.4. The van der Waals surface area contributed by atoms with Crippen molar-refractivity contribution in [3.05, 3.63) is 0 Å². The second-order valence-corrected chi connectivity index (χ2v) is 4.96. The van der Waals surface area contributed by atoms with Crippen molar-refractivity contribution in [2.24, 2.45) is 5.73 Å². The molecule has 1 saturated heterocycles. The van der Waals surface area contributed by atoms with E-state index in [1.807, 2.05) is 18.7 Å². The lowest BCUT2D eigenvalue weighted by molar-refractivity contribution is -0.135. The molecule has 2 amide bonds. The summed E-state index contributed by atoms with van der Waals surface area (Å²) < 4.78 is 0. The Morgan fingerprint density at radius 1 is 1.16 bits per heavy atom. The van der Waals surface area contributed by atoms with Gasteiger partial charge < -0.3 is 15.5 Å². The Bertz CT molecular complexity index is 308. The lowest BCUT2D eigenvalue weighted by Gasteiger charge is -2.35. The van der Waals surface area contributed by atoms with Crippen LogP contribution in [0.5, 0.6) is 0 Å². The van der Waals surface area contributed by atoms with Crippen molar-refractivity contribution in [2.45, 2.75) is 26.8 Å². The molecule has 2 N–H and O–H groups in total. The minimum Gasteiger partial charge on any atom is -0.342 e. The molecule has 1 heterocycles. The topological polar surface area (TPSA) is 69.9 Å². The van der Waals surface area contributed by atoms with E-state index >= 15 is 0 Å². The minimum atomic E-state index is -0.441. The first-order chi connectivity index (χ1) is 8.99. The maximum absolute atomic E-state index is 12.0. The van der Waals surface area contributed by atoms with E-state index in [9.17, 15) is 9.59 Å². The molecule has 1 aliphatic heterocycles. The Hall–Kier alpha value is -1.14. The highest BCUT2D eigenvalue weighted by atomic mass is 16.2. The third-order valence-electron chi connectivity index (χ3n) is 3.55. The molecule has 0 aromatic rings. The fraction of sp³-hybridized carbons (Fsp3) is 0.846. The lowest BCUT2D eigenvalue weighted by atomic mass is 10.2. The molecule has 1 rings (SSSR count). The zero-order valence-electron chi connectivity index (χ0n) is 12.3. The number of hydrogen-bond acceptors (Lipinski definition) is 4. The average molecular weight is 270 g/mol. The van der Waals surface area contributed by atoms with Gasteiger partial charge in [0.05, 0.1) is 12.6 Å². The number of likely N-dealkylation sites (N-methyl/N-ethyl adjacent to an activating group) is 1. The Kier molecular flexibility index (Phi) is 6.24. The smallest absolute Gasteiger partial charge is 0.239 e. The van der Waals surface area contributed by atoms with Crippen LogP contribution in [0.25, 0.3) is 0 Å². The van der Waals surface area contributed by atoms with Gasteiger partial charge in [-0.1, -0.05) is 0 Å². The fourth-order valence-electron chi connectivity index (χ4n) is 2.28. The highest BCUT2D eigenvalue weighted by molar-refractivity contribution is 5.81. The van der Waals surface area contributed by atoms with Gasteiger partial charge in [-0.3, -0.25) is 14.5 Å². The van der Waals surface area contributed by atoms with Gasteiger partial charge in [-0.15, -0.1) is 0 Å². The van der Waals surface area contributed by atoms with Crippen LogP contribution in [0, 0.1) is 0 Å². The van der Waals surface area contributed by atoms with Gasteiger partial charge in [0.1, 0.15) is 0 Å². The van der Waals surface area contributed by atoms with Gasteiger partial charge in [0.25, 0.3) is 0 Å². The molecule has 1 fully saturated rings. The molecule has 6 nitrogen and oxygen atoms in total. The van der Waals surface area contributed by atoms with E-state index < -0.39 is 6.04 Å². The van der Waals surface area contributed by atoms with E-state index in [1.54, 1.807) is 11.8 Å². The maximum atomic E-state index is 12.0. The van der Waals surface area contributed by atoms with Gasteiger partial charge >= 0.3 is 0 Å². The van der Waals surface area contributed by atoms with E-state index in [0.717, 1.165) is 26.2 Å². The predicted molar refractivity (Wildman–Crippen MR) is 74.6 cm³/mol. The van der Waals surface area contributed by atoms with Gasteiger partial charge in [-0.05, 0) is 20.8 Å². The van der Waals surface area contributed by atoms with Gasteiger partial charge in [0.15, 0.2) is 0 Å². The van der Waals surface area contributed by atoms with E-state index in [1.165, 1.54) is 0 Å². The third-order valence-corrected chi connectivity index (χ3v) is 3.55. The van der Waals surface area contributed by atoms with Gasteiger partial charge in [-0.2, -0.15) is 0 Å². The monoisotopic (exact) mass is 270 g/mol. The number of hydrogen-bond donors (Lipinski definition) is 1. The summed E-state index contributed by atoms with van der Waals surface area (Å²) in [5.41, 5.74) is 5.59. The molecule has 0 bridgehead atoms. The summed E-state index contributed by atoms with van der Waals surface area (Å²) in [6.07, 6.45) is 0. The van der Waals surface area contributed by atoms with Crippen LogP contribution >= 0.6 is 0 Å². The SMILES string of the molecule is CCN(CC)C(=O)CN1CCN(C(=O)[C@H](C)N)CC1. The lowest BCUT2D eigenvalue weighted by Crippen LogP contribution is -2.54. The molecule has 6 heteroatoms. The Balaban J connectivity index is 2.38. The van der Waals surface area contributed by atoms with Crippen molar-refractivity contribution in [1.82, 2.24) is 14.7 Å². The predicted octanol–water partition coefficient (Wildman–Crippen LogP) is -0.654. The molecule has 19 heavy (non-hydrogen) atoms. The quantitative estimate of drug-likeness (QED) is 0.720. The van der Waals surface area contributed by atoms with Crippen LogP contribution < -0.4 is 5.73 Å². The van der Waals surface area contributed by atoms with Crippen LogP contribution in [0.3, 0.4) is 0 Å². The molecule has 0 unspecified atom stereocenters. The van der Waals surface area contributed by atoms with Crippen molar-refractivity contribution in [3.63, 3.8) is 0 Å². The summed E-state index contributed by atoms with van der Waals surface area (Å²) in [6, 6.07) is -0.441. The summed E-state index contributed by atoms with van der Waals surface area (Å²) in [5, 5.41) is 0. The second-order valence-electron chi connectivity index (χ2n) is 4.96. The van der Waals surface area contributed by atoms with Crippen LogP contribution in [0.1, 0.15) is 20.8 Å². The number of piperazine rings is 1. The summed E-state index contributed by atoms with van der Waals surface area (Å²) in [6.45, 7) is 10.4. The molecule has 1 aliphatic rings. The normalized spacial score (nSPS) is 18.2. The molecule has 0 spiro atoms. The van der Waals surface area contributed by atoms with Crippen molar-refractivity contribution in [1.29, 1.82) is 0 Å². The number of nitrogens with zero attached hydrogens (tertiary/aromatic N) is 3. The number of rotatable bonds is 5. The van der Waals surface area contributed by atoms with Crippen LogP contribution in [0.15, 0.2) is 0 Å². The van der Waals surface area contributed by atoms with Crippen LogP contribution in [-0.2, 0) is 9.59 Å². The van der Waals surface area contributed by atoms with Gasteiger partial charge in [0, 0.05) is 39.3 Å². The largest absolute Gasteiger partial charge is 0.342 e. The first-order valence-electron chi connectivity index (χ1n) is 7.04. The molecule has 0 aromatic heterocycles. The van der Waals surface area contributed by atoms with Gasteiger partial charge in [0.2, 0.25) is 11.8 Å². The van der Waals surface area contributed by atoms with Gasteiger partial charge in [-0.25, -0.2) is 0 Å². The average Bonchev–Trinajstić information content (AvgIpc) is 2.40. The second kappa shape index (κ2) is 7.45. The highest BCUT2D eigenvalue weighted by Gasteiger charge is 2.24. The van der Waals surface area contributed by atoms with Crippen molar-refractivity contribution < 1.29 is 9.59 Å². The highest BCUT2D eigenvalue weighted by Crippen LogP contribution is 2.04. The summed E-state index contributed by atoms with van der Waals surface area (Å²) in [7, 11) is 0. The van der Waals surface area contributed by atoms with Crippen molar-refractivity contribution in [2.75, 3.05) is 45.8 Å². The fourth-order valence-corrected chi connectivity index (χ4v) is 2.28. The Labute approximate surface area is 115 Å². The molecule has 0 aromatic carbocycles. The van der Waals surface area contributed by atoms with Crippen molar-refractivity contribution >= 4 is 11.8 Å². The molecule has 0 saturated carbocycles. The van der Waals surface area contributed by atoms with E-state index in [2.05, 4.69) is 4.90 Å². The zero-order chi connectivity index (χ0) is 14.4. The number of amides is 2. The molecule has 1 atom stereocenters. The standard InChI is InChI=1S/C13H26N4O2/c1-4-16(5-2)12(18)10-15-6-8-17(9-7-15)13(19)11(3)14/h11H,4-10,14H2,1-3H3/t11-/m0/s1. The summed E-state index contributed by atoms with van der Waals surface area (Å²) in [5.74, 6) is 0.159. The summed E-state index contributed by atoms with van der Waals surface area (Å²) >= 11 is 0. The molecule has 0 radical (unpaired) electrons. The minimum absolute atomic E-state index is 0.00489. The Morgan fingerprint density at radius 3 is 2.11 bits per heavy atom. The maximum Gasteiger partial charge on any atom is 0.239 e. The number of carbonyl (C=O) groups excluding carboxylic acids is 2. The van der Waals surface area contributed by atoms with Crippen LogP contribution in [0.4, 0.5) is 0 Å². The van der Waals surface area contributed by atoms with Crippen molar-refractivity contribution in [3.8, 4) is 0 Å². The number of carbonyl (C=O) groups is 2. The van der Waals surface area contributed by atoms with Crippen LogP contribution in [0.2, 0.25) is 0 Å². The molecular formula is C13H26N4O2. The first-order valence-corrected chi connectivity index (χ1v) is 7.04.